The Bertz CT molecular complexity index is 1130. The van der Waals surface area contributed by atoms with Crippen LogP contribution in [0.5, 0.6) is 0 Å². The van der Waals surface area contributed by atoms with Crippen molar-refractivity contribution in [3.8, 4) is 11.3 Å². The third kappa shape index (κ3) is 3.58. The second-order valence-corrected chi connectivity index (χ2v) is 6.54. The van der Waals surface area contributed by atoms with Gasteiger partial charge in [-0.25, -0.2) is 0 Å². The highest BCUT2D eigenvalue weighted by Crippen LogP contribution is 2.32. The molecule has 0 radical (unpaired) electrons. The van der Waals surface area contributed by atoms with Gasteiger partial charge in [0.05, 0.1) is 5.02 Å². The summed E-state index contributed by atoms with van der Waals surface area (Å²) in [6.07, 6.45) is 0. The molecule has 3 aromatic carbocycles. The van der Waals surface area contributed by atoms with E-state index in [0.29, 0.717) is 33.4 Å². The zero-order valence-electron chi connectivity index (χ0n) is 14.3. The molecule has 0 unspecified atom stereocenters. The Kier molecular flexibility index (Phi) is 4.67. The number of halogens is 1. The van der Waals surface area contributed by atoms with Crippen LogP contribution in [0, 0.1) is 0 Å². The highest BCUT2D eigenvalue weighted by Gasteiger charge is 2.12. The van der Waals surface area contributed by atoms with Gasteiger partial charge in [-0.2, -0.15) is 0 Å². The smallest absolute Gasteiger partial charge is 0.255 e. The lowest BCUT2D eigenvalue weighted by Crippen LogP contribution is -2.11. The van der Waals surface area contributed by atoms with E-state index in [1.807, 2.05) is 36.4 Å². The Labute approximate surface area is 161 Å². The minimum atomic E-state index is -0.204. The first-order valence-electron chi connectivity index (χ1n) is 8.44. The van der Waals surface area contributed by atoms with Crippen molar-refractivity contribution >= 4 is 34.0 Å². The number of aliphatic hydroxyl groups excluding tert-OH is 1. The minimum Gasteiger partial charge on any atom is -0.459 e. The number of rotatable bonds is 4. The van der Waals surface area contributed by atoms with Crippen LogP contribution in [0.1, 0.15) is 16.1 Å². The summed E-state index contributed by atoms with van der Waals surface area (Å²) in [6, 6.07) is 22.1. The number of amides is 1. The number of nitrogens with one attached hydrogen (secondary N) is 1. The van der Waals surface area contributed by atoms with Gasteiger partial charge in [0, 0.05) is 16.8 Å². The molecule has 1 aromatic heterocycles. The molecule has 27 heavy (non-hydrogen) atoms. The first-order chi connectivity index (χ1) is 13.1. The van der Waals surface area contributed by atoms with Gasteiger partial charge in [-0.1, -0.05) is 41.9 Å². The van der Waals surface area contributed by atoms with Crippen molar-refractivity contribution in [2.24, 2.45) is 0 Å². The molecule has 4 aromatic rings. The van der Waals surface area contributed by atoms with Crippen molar-refractivity contribution in [1.82, 2.24) is 0 Å². The Hall–Kier alpha value is -3.08. The van der Waals surface area contributed by atoms with Crippen molar-refractivity contribution in [3.63, 3.8) is 0 Å². The first kappa shape index (κ1) is 17.3. The number of hydrogen-bond donors (Lipinski definition) is 2. The maximum atomic E-state index is 12.6. The Balaban J connectivity index is 1.56. The molecule has 1 amide bonds. The predicted octanol–water partition coefficient (Wildman–Crippen LogP) is 5.50. The van der Waals surface area contributed by atoms with Gasteiger partial charge >= 0.3 is 0 Å². The normalized spacial score (nSPS) is 10.9. The summed E-state index contributed by atoms with van der Waals surface area (Å²) < 4.78 is 5.51. The third-order valence-electron chi connectivity index (χ3n) is 4.32. The molecule has 0 fully saturated rings. The monoisotopic (exact) mass is 377 g/mol. The molecular formula is C22H16ClNO3. The highest BCUT2D eigenvalue weighted by atomic mass is 35.5. The molecule has 0 saturated carbocycles. The van der Waals surface area contributed by atoms with Crippen molar-refractivity contribution < 1.29 is 14.3 Å². The number of hydrogen-bond acceptors (Lipinski definition) is 3. The van der Waals surface area contributed by atoms with Gasteiger partial charge in [-0.15, -0.1) is 0 Å². The molecule has 0 spiro atoms. The van der Waals surface area contributed by atoms with Gasteiger partial charge in [0.1, 0.15) is 18.1 Å². The molecule has 1 heterocycles. The topological polar surface area (TPSA) is 62.5 Å². The molecule has 134 valence electrons. The average Bonchev–Trinajstić information content (AvgIpc) is 3.16. The van der Waals surface area contributed by atoms with E-state index >= 15 is 0 Å². The predicted molar refractivity (Wildman–Crippen MR) is 107 cm³/mol. The number of carbonyl (C=O) groups excluding carboxylic acids is 1. The summed E-state index contributed by atoms with van der Waals surface area (Å²) in [7, 11) is 0. The molecule has 4 rings (SSSR count). The van der Waals surface area contributed by atoms with E-state index in [1.54, 1.807) is 36.4 Å². The lowest BCUT2D eigenvalue weighted by atomic mass is 10.1. The number of aliphatic hydroxyl groups is 1. The molecule has 0 atom stereocenters. The van der Waals surface area contributed by atoms with Crippen LogP contribution in [0.4, 0.5) is 5.69 Å². The Morgan fingerprint density at radius 1 is 0.963 bits per heavy atom. The number of anilines is 1. The summed E-state index contributed by atoms with van der Waals surface area (Å²) in [5.74, 6) is 0.830. The zero-order chi connectivity index (χ0) is 18.8. The SMILES string of the molecule is O=C(Nc1ccc(-c2ccc(CO)o2)c(Cl)c1)c1ccc2ccccc2c1. The van der Waals surface area contributed by atoms with Crippen LogP contribution >= 0.6 is 11.6 Å². The molecule has 0 aliphatic heterocycles. The molecule has 4 nitrogen and oxygen atoms in total. The van der Waals surface area contributed by atoms with Gasteiger partial charge in [-0.05, 0) is 53.2 Å². The van der Waals surface area contributed by atoms with Crippen LogP contribution < -0.4 is 5.32 Å². The van der Waals surface area contributed by atoms with Crippen molar-refractivity contribution in [2.45, 2.75) is 6.61 Å². The number of furan rings is 1. The average molecular weight is 378 g/mol. The fourth-order valence-corrected chi connectivity index (χ4v) is 3.21. The summed E-state index contributed by atoms with van der Waals surface area (Å²) in [5, 5.41) is 14.5. The standard InChI is InChI=1S/C22H16ClNO3/c23-20-12-17(7-9-19(20)21-10-8-18(13-25)27-21)24-22(26)16-6-5-14-3-1-2-4-15(14)11-16/h1-12,25H,13H2,(H,24,26). The molecule has 0 aliphatic rings. The second kappa shape index (κ2) is 7.27. The van der Waals surface area contributed by atoms with E-state index < -0.39 is 0 Å². The number of fused-ring (bicyclic) bond motifs is 1. The fourth-order valence-electron chi connectivity index (χ4n) is 2.93. The molecule has 0 saturated heterocycles. The summed E-state index contributed by atoms with van der Waals surface area (Å²) >= 11 is 6.35. The second-order valence-electron chi connectivity index (χ2n) is 6.13. The zero-order valence-corrected chi connectivity index (χ0v) is 15.0. The van der Waals surface area contributed by atoms with Gasteiger partial charge < -0.3 is 14.8 Å². The van der Waals surface area contributed by atoms with Gasteiger partial charge in [-0.3, -0.25) is 4.79 Å². The van der Waals surface area contributed by atoms with Crippen molar-refractivity contribution in [1.29, 1.82) is 0 Å². The van der Waals surface area contributed by atoms with Crippen LogP contribution in [0.3, 0.4) is 0 Å². The van der Waals surface area contributed by atoms with E-state index in [1.165, 1.54) is 0 Å². The quantitative estimate of drug-likeness (QED) is 0.493. The molecular weight excluding hydrogens is 362 g/mol. The summed E-state index contributed by atoms with van der Waals surface area (Å²) in [6.45, 7) is -0.169. The van der Waals surface area contributed by atoms with Crippen LogP contribution in [-0.2, 0) is 6.61 Å². The van der Waals surface area contributed by atoms with E-state index in [9.17, 15) is 4.79 Å². The Morgan fingerprint density at radius 3 is 2.52 bits per heavy atom. The molecule has 0 aliphatic carbocycles. The maximum Gasteiger partial charge on any atom is 0.255 e. The van der Waals surface area contributed by atoms with Gasteiger partial charge in [0.2, 0.25) is 0 Å². The number of benzene rings is 3. The third-order valence-corrected chi connectivity index (χ3v) is 4.63. The van der Waals surface area contributed by atoms with Crippen LogP contribution in [0.25, 0.3) is 22.1 Å². The summed E-state index contributed by atoms with van der Waals surface area (Å²) in [4.78, 5) is 12.6. The van der Waals surface area contributed by atoms with Crippen molar-refractivity contribution in [2.75, 3.05) is 5.32 Å². The van der Waals surface area contributed by atoms with E-state index in [-0.39, 0.29) is 12.5 Å². The lowest BCUT2D eigenvalue weighted by molar-refractivity contribution is 0.102. The van der Waals surface area contributed by atoms with Crippen LogP contribution in [-0.4, -0.2) is 11.0 Å². The minimum absolute atomic E-state index is 0.169. The van der Waals surface area contributed by atoms with E-state index in [0.717, 1.165) is 10.8 Å². The molecule has 0 bridgehead atoms. The van der Waals surface area contributed by atoms with Crippen LogP contribution in [0.15, 0.2) is 77.2 Å². The van der Waals surface area contributed by atoms with Gasteiger partial charge in [0.15, 0.2) is 0 Å². The largest absolute Gasteiger partial charge is 0.459 e. The molecule has 5 heteroatoms. The molecule has 2 N–H and O–H groups in total. The number of carbonyl (C=O) groups is 1. The summed E-state index contributed by atoms with van der Waals surface area (Å²) in [5.41, 5.74) is 1.86. The van der Waals surface area contributed by atoms with Crippen molar-refractivity contribution in [3.05, 3.63) is 89.1 Å². The fraction of sp³-hybridized carbons (Fsp3) is 0.0455. The van der Waals surface area contributed by atoms with E-state index in [4.69, 9.17) is 21.1 Å². The maximum absolute atomic E-state index is 12.6. The van der Waals surface area contributed by atoms with E-state index in [2.05, 4.69) is 5.32 Å². The Morgan fingerprint density at radius 2 is 1.78 bits per heavy atom. The van der Waals surface area contributed by atoms with Gasteiger partial charge in [0.25, 0.3) is 5.91 Å². The van der Waals surface area contributed by atoms with Crippen LogP contribution in [0.2, 0.25) is 5.02 Å². The highest BCUT2D eigenvalue weighted by molar-refractivity contribution is 6.33. The first-order valence-corrected chi connectivity index (χ1v) is 8.81. The lowest BCUT2D eigenvalue weighted by Gasteiger charge is -2.08.